The Balaban J connectivity index is 2.60. The zero-order chi connectivity index (χ0) is 14.2. The van der Waals surface area contributed by atoms with Gasteiger partial charge in [0.05, 0.1) is 32.8 Å². The van der Waals surface area contributed by atoms with Crippen LogP contribution in [0.3, 0.4) is 0 Å². The second-order valence-corrected chi connectivity index (χ2v) is 5.98. The Morgan fingerprint density at radius 2 is 1.84 bits per heavy atom. The molecular formula is C12H6Cl4O2S. The molecule has 0 aliphatic heterocycles. The lowest BCUT2D eigenvalue weighted by Crippen LogP contribution is -2.03. The van der Waals surface area contributed by atoms with Gasteiger partial charge in [-0.15, -0.1) is 11.3 Å². The van der Waals surface area contributed by atoms with Gasteiger partial charge in [0, 0.05) is 0 Å². The van der Waals surface area contributed by atoms with Gasteiger partial charge in [0.25, 0.3) is 0 Å². The molecule has 0 spiro atoms. The zero-order valence-corrected chi connectivity index (χ0v) is 13.3. The van der Waals surface area contributed by atoms with Crippen LogP contribution in [0.4, 0.5) is 0 Å². The Bertz CT molecular complexity index is 651. The predicted octanol–water partition coefficient (Wildman–Crippen LogP) is 5.60. The molecule has 0 amide bonds. The van der Waals surface area contributed by atoms with Gasteiger partial charge in [-0.1, -0.05) is 46.4 Å². The highest BCUT2D eigenvalue weighted by Gasteiger charge is 2.24. The Labute approximate surface area is 133 Å². The Morgan fingerprint density at radius 3 is 2.47 bits per heavy atom. The molecule has 100 valence electrons. The van der Waals surface area contributed by atoms with Crippen LogP contribution < -0.4 is 4.74 Å². The molecule has 1 aromatic heterocycles. The molecule has 1 heterocycles. The van der Waals surface area contributed by atoms with Gasteiger partial charge >= 0.3 is 0 Å². The van der Waals surface area contributed by atoms with Crippen LogP contribution in [0.15, 0.2) is 17.5 Å². The summed E-state index contributed by atoms with van der Waals surface area (Å²) in [5.41, 5.74) is 0.124. The summed E-state index contributed by atoms with van der Waals surface area (Å²) >= 11 is 25.1. The minimum Gasteiger partial charge on any atom is -0.495 e. The largest absolute Gasteiger partial charge is 0.495 e. The second-order valence-electron chi connectivity index (χ2n) is 3.49. The SMILES string of the molecule is COc1ccsc1C(=O)c1c(Cl)cc(Cl)c(Cl)c1Cl. The van der Waals surface area contributed by atoms with Crippen molar-refractivity contribution in [3.8, 4) is 5.75 Å². The van der Waals surface area contributed by atoms with Crippen molar-refractivity contribution >= 4 is 63.5 Å². The number of hydrogen-bond donors (Lipinski definition) is 0. The third-order valence-corrected chi connectivity index (χ3v) is 4.85. The lowest BCUT2D eigenvalue weighted by atomic mass is 10.1. The third-order valence-electron chi connectivity index (χ3n) is 2.40. The summed E-state index contributed by atoms with van der Waals surface area (Å²) in [7, 11) is 1.48. The number of hydrogen-bond acceptors (Lipinski definition) is 3. The Kier molecular flexibility index (Phi) is 4.64. The van der Waals surface area contributed by atoms with Crippen molar-refractivity contribution < 1.29 is 9.53 Å². The molecule has 2 aromatic rings. The van der Waals surface area contributed by atoms with Crippen LogP contribution in [0, 0.1) is 0 Å². The first-order valence-corrected chi connectivity index (χ1v) is 7.35. The van der Waals surface area contributed by atoms with E-state index >= 15 is 0 Å². The molecule has 0 aliphatic rings. The molecule has 19 heavy (non-hydrogen) atoms. The Morgan fingerprint density at radius 1 is 1.16 bits per heavy atom. The van der Waals surface area contributed by atoms with Crippen molar-refractivity contribution in [2.24, 2.45) is 0 Å². The van der Waals surface area contributed by atoms with Crippen molar-refractivity contribution in [1.82, 2.24) is 0 Å². The molecule has 0 bridgehead atoms. The highest BCUT2D eigenvalue weighted by atomic mass is 35.5. The number of ketones is 1. The Hall–Kier alpha value is -0.450. The summed E-state index contributed by atoms with van der Waals surface area (Å²) in [6.07, 6.45) is 0. The summed E-state index contributed by atoms with van der Waals surface area (Å²) < 4.78 is 5.11. The van der Waals surface area contributed by atoms with Crippen molar-refractivity contribution in [1.29, 1.82) is 0 Å². The lowest BCUT2D eigenvalue weighted by Gasteiger charge is -2.09. The van der Waals surface area contributed by atoms with E-state index in [9.17, 15) is 4.79 Å². The summed E-state index contributed by atoms with van der Waals surface area (Å²) in [6, 6.07) is 3.09. The molecule has 0 atom stereocenters. The van der Waals surface area contributed by atoms with Crippen LogP contribution in [0.1, 0.15) is 15.2 Å². The topological polar surface area (TPSA) is 26.3 Å². The van der Waals surface area contributed by atoms with E-state index in [0.717, 1.165) is 0 Å². The van der Waals surface area contributed by atoms with Gasteiger partial charge in [0.15, 0.2) is 0 Å². The van der Waals surface area contributed by atoms with E-state index in [4.69, 9.17) is 51.1 Å². The van der Waals surface area contributed by atoms with E-state index in [1.807, 2.05) is 0 Å². The van der Waals surface area contributed by atoms with Gasteiger partial charge < -0.3 is 4.74 Å². The van der Waals surface area contributed by atoms with Gasteiger partial charge in [0.2, 0.25) is 5.78 Å². The van der Waals surface area contributed by atoms with Gasteiger partial charge in [-0.2, -0.15) is 0 Å². The molecule has 2 rings (SSSR count). The number of carbonyl (C=O) groups is 1. The molecule has 0 aliphatic carbocycles. The van der Waals surface area contributed by atoms with Crippen LogP contribution in [0.5, 0.6) is 5.75 Å². The number of carbonyl (C=O) groups excluding carboxylic acids is 1. The van der Waals surface area contributed by atoms with Crippen molar-refractivity contribution in [2.45, 2.75) is 0 Å². The first-order chi connectivity index (χ1) is 8.97. The quantitative estimate of drug-likeness (QED) is 0.407. The van der Waals surface area contributed by atoms with Crippen LogP contribution >= 0.6 is 57.7 Å². The first kappa shape index (κ1) is 14.9. The predicted molar refractivity (Wildman–Crippen MR) is 80.8 cm³/mol. The standard InChI is InChI=1S/C12H6Cl4O2S/c1-18-7-2-3-19-12(7)11(17)8-5(13)4-6(14)9(15)10(8)16/h2-4H,1H3. The maximum atomic E-state index is 12.5. The van der Waals surface area contributed by atoms with Gasteiger partial charge in [0.1, 0.15) is 10.6 Å². The van der Waals surface area contributed by atoms with E-state index in [1.54, 1.807) is 11.4 Å². The normalized spacial score (nSPS) is 10.6. The van der Waals surface area contributed by atoms with Crippen LogP contribution in [-0.2, 0) is 0 Å². The molecule has 0 unspecified atom stereocenters. The number of halogens is 4. The fourth-order valence-corrected chi connectivity index (χ4v) is 3.40. The molecular weight excluding hydrogens is 350 g/mol. The fourth-order valence-electron chi connectivity index (χ4n) is 1.51. The van der Waals surface area contributed by atoms with E-state index in [0.29, 0.717) is 10.6 Å². The number of benzene rings is 1. The first-order valence-electron chi connectivity index (χ1n) is 4.96. The van der Waals surface area contributed by atoms with Crippen molar-refractivity contribution in [2.75, 3.05) is 7.11 Å². The molecule has 1 aromatic carbocycles. The molecule has 0 radical (unpaired) electrons. The molecule has 0 saturated heterocycles. The molecule has 2 nitrogen and oxygen atoms in total. The number of methoxy groups -OCH3 is 1. The molecule has 0 fully saturated rings. The lowest BCUT2D eigenvalue weighted by molar-refractivity contribution is 0.104. The minimum absolute atomic E-state index is 0.0413. The van der Waals surface area contributed by atoms with E-state index in [2.05, 4.69) is 0 Å². The molecule has 0 saturated carbocycles. The van der Waals surface area contributed by atoms with Crippen molar-refractivity contribution in [3.05, 3.63) is 48.0 Å². The second kappa shape index (κ2) is 5.90. The van der Waals surface area contributed by atoms with Gasteiger partial charge in [-0.25, -0.2) is 0 Å². The summed E-state index contributed by atoms with van der Waals surface area (Å²) in [4.78, 5) is 12.9. The summed E-state index contributed by atoms with van der Waals surface area (Å²) in [5.74, 6) is 0.119. The maximum Gasteiger partial charge on any atom is 0.209 e. The smallest absolute Gasteiger partial charge is 0.209 e. The van der Waals surface area contributed by atoms with Crippen LogP contribution in [0.2, 0.25) is 20.1 Å². The highest BCUT2D eigenvalue weighted by molar-refractivity contribution is 7.12. The van der Waals surface area contributed by atoms with Crippen molar-refractivity contribution in [3.63, 3.8) is 0 Å². The van der Waals surface area contributed by atoms with E-state index in [1.165, 1.54) is 24.5 Å². The van der Waals surface area contributed by atoms with Gasteiger partial charge in [-0.3, -0.25) is 4.79 Å². The zero-order valence-electron chi connectivity index (χ0n) is 9.47. The van der Waals surface area contributed by atoms with Gasteiger partial charge in [-0.05, 0) is 17.5 Å². The van der Waals surface area contributed by atoms with E-state index < -0.39 is 0 Å². The summed E-state index contributed by atoms with van der Waals surface area (Å²) in [5, 5.41) is 2.24. The van der Waals surface area contributed by atoms with Crippen LogP contribution in [-0.4, -0.2) is 12.9 Å². The average molecular weight is 356 g/mol. The highest BCUT2D eigenvalue weighted by Crippen LogP contribution is 2.40. The number of thiophene rings is 1. The fraction of sp³-hybridized carbons (Fsp3) is 0.0833. The van der Waals surface area contributed by atoms with E-state index in [-0.39, 0.29) is 31.4 Å². The van der Waals surface area contributed by atoms with Crippen LogP contribution in [0.25, 0.3) is 0 Å². The third kappa shape index (κ3) is 2.71. The number of rotatable bonds is 3. The minimum atomic E-state index is -0.347. The average Bonchev–Trinajstić information content (AvgIpc) is 2.84. The number of ether oxygens (including phenoxy) is 1. The molecule has 7 heteroatoms. The summed E-state index contributed by atoms with van der Waals surface area (Å²) in [6.45, 7) is 0. The monoisotopic (exact) mass is 354 g/mol. The molecule has 0 N–H and O–H groups in total. The maximum absolute atomic E-state index is 12.5.